The quantitative estimate of drug-likeness (QED) is 0.849. The number of nitrogens with zero attached hydrogens (tertiary/aromatic N) is 1. The van der Waals surface area contributed by atoms with Gasteiger partial charge in [-0.3, -0.25) is 0 Å². The van der Waals surface area contributed by atoms with Crippen molar-refractivity contribution in [2.75, 3.05) is 7.11 Å². The minimum absolute atomic E-state index is 0.460. The Balaban J connectivity index is 1.91. The lowest BCUT2D eigenvalue weighted by molar-refractivity contribution is 0.293. The Hall–Kier alpha value is -2.07. The topological polar surface area (TPSA) is 43.4 Å². The predicted octanol–water partition coefficient (Wildman–Crippen LogP) is 3.17. The smallest absolute Gasteiger partial charge is 0.213 e. The van der Waals surface area contributed by atoms with Crippen LogP contribution in [0, 0.1) is 0 Å². The Morgan fingerprint density at radius 1 is 1.10 bits per heavy atom. The van der Waals surface area contributed by atoms with Crippen LogP contribution < -0.4 is 14.8 Å². The number of ether oxygens (including phenoxy) is 2. The second kappa shape index (κ2) is 7.64. The van der Waals surface area contributed by atoms with Crippen LogP contribution in [0.5, 0.6) is 11.6 Å². The van der Waals surface area contributed by atoms with Gasteiger partial charge in [0.15, 0.2) is 0 Å². The maximum Gasteiger partial charge on any atom is 0.213 e. The van der Waals surface area contributed by atoms with E-state index in [2.05, 4.69) is 24.1 Å². The van der Waals surface area contributed by atoms with Gasteiger partial charge in [0.2, 0.25) is 5.88 Å². The van der Waals surface area contributed by atoms with E-state index < -0.39 is 0 Å². The predicted molar refractivity (Wildman–Crippen MR) is 83.5 cm³/mol. The van der Waals surface area contributed by atoms with Gasteiger partial charge in [-0.05, 0) is 29.3 Å². The third kappa shape index (κ3) is 5.08. The molecule has 0 bridgehead atoms. The first-order valence-corrected chi connectivity index (χ1v) is 7.11. The molecule has 112 valence electrons. The number of nitrogens with one attached hydrogen (secondary N) is 1. The van der Waals surface area contributed by atoms with E-state index in [1.165, 1.54) is 5.56 Å². The minimum atomic E-state index is 0.460. The molecule has 21 heavy (non-hydrogen) atoms. The molecule has 0 saturated heterocycles. The summed E-state index contributed by atoms with van der Waals surface area (Å²) in [5.74, 6) is 1.49. The standard InChI is InChI=1S/C17H22N2O2/c1-13(2)19-11-15-8-9-18-17(10-15)21-12-14-4-6-16(20-3)7-5-14/h4-10,13,19H,11-12H2,1-3H3. The Morgan fingerprint density at radius 2 is 1.86 bits per heavy atom. The van der Waals surface area contributed by atoms with E-state index in [9.17, 15) is 0 Å². The van der Waals surface area contributed by atoms with E-state index in [1.807, 2.05) is 36.4 Å². The van der Waals surface area contributed by atoms with Crippen molar-refractivity contribution in [2.45, 2.75) is 33.0 Å². The fourth-order valence-electron chi connectivity index (χ4n) is 1.84. The first kappa shape index (κ1) is 15.3. The second-order valence-electron chi connectivity index (χ2n) is 5.17. The van der Waals surface area contributed by atoms with Gasteiger partial charge in [0.25, 0.3) is 0 Å². The second-order valence-corrected chi connectivity index (χ2v) is 5.17. The summed E-state index contributed by atoms with van der Waals surface area (Å²) < 4.78 is 10.9. The Bertz CT molecular complexity index is 553. The fraction of sp³-hybridized carbons (Fsp3) is 0.353. The van der Waals surface area contributed by atoms with Gasteiger partial charge in [0, 0.05) is 24.8 Å². The highest BCUT2D eigenvalue weighted by molar-refractivity contribution is 5.27. The molecule has 2 aromatic rings. The molecule has 0 unspecified atom stereocenters. The third-order valence-electron chi connectivity index (χ3n) is 3.06. The van der Waals surface area contributed by atoms with Crippen molar-refractivity contribution < 1.29 is 9.47 Å². The monoisotopic (exact) mass is 286 g/mol. The van der Waals surface area contributed by atoms with Crippen molar-refractivity contribution in [1.82, 2.24) is 10.3 Å². The molecule has 1 aromatic carbocycles. The van der Waals surface area contributed by atoms with Crippen LogP contribution in [0.2, 0.25) is 0 Å². The van der Waals surface area contributed by atoms with Gasteiger partial charge in [-0.25, -0.2) is 4.98 Å². The third-order valence-corrected chi connectivity index (χ3v) is 3.06. The number of hydrogen-bond acceptors (Lipinski definition) is 4. The Kier molecular flexibility index (Phi) is 5.58. The molecule has 4 heteroatoms. The summed E-state index contributed by atoms with van der Waals surface area (Å²) >= 11 is 0. The SMILES string of the molecule is COc1ccc(COc2cc(CNC(C)C)ccn2)cc1. The zero-order chi connectivity index (χ0) is 15.1. The van der Waals surface area contributed by atoms with Gasteiger partial charge in [0.05, 0.1) is 7.11 Å². The van der Waals surface area contributed by atoms with Crippen LogP contribution in [0.1, 0.15) is 25.0 Å². The summed E-state index contributed by atoms with van der Waals surface area (Å²) in [6.45, 7) is 5.57. The molecule has 1 N–H and O–H groups in total. The number of aromatic nitrogens is 1. The lowest BCUT2D eigenvalue weighted by atomic mass is 10.2. The maximum atomic E-state index is 5.73. The van der Waals surface area contributed by atoms with Crippen LogP contribution in [0.25, 0.3) is 0 Å². The number of benzene rings is 1. The molecule has 0 aliphatic heterocycles. The minimum Gasteiger partial charge on any atom is -0.497 e. The van der Waals surface area contributed by atoms with E-state index in [1.54, 1.807) is 13.3 Å². The first-order chi connectivity index (χ1) is 10.2. The summed E-state index contributed by atoms with van der Waals surface area (Å²) in [6.07, 6.45) is 1.78. The summed E-state index contributed by atoms with van der Waals surface area (Å²) in [4.78, 5) is 4.24. The van der Waals surface area contributed by atoms with Gasteiger partial charge in [-0.2, -0.15) is 0 Å². The van der Waals surface area contributed by atoms with E-state index in [4.69, 9.17) is 9.47 Å². The molecule has 1 heterocycles. The molecule has 0 amide bonds. The largest absolute Gasteiger partial charge is 0.497 e. The van der Waals surface area contributed by atoms with Crippen molar-refractivity contribution >= 4 is 0 Å². The van der Waals surface area contributed by atoms with Crippen LogP contribution in [0.4, 0.5) is 0 Å². The molecule has 0 aliphatic carbocycles. The number of rotatable bonds is 7. The van der Waals surface area contributed by atoms with E-state index in [0.29, 0.717) is 18.5 Å². The van der Waals surface area contributed by atoms with E-state index in [-0.39, 0.29) is 0 Å². The molecular weight excluding hydrogens is 264 g/mol. The highest BCUT2D eigenvalue weighted by Gasteiger charge is 2.01. The van der Waals surface area contributed by atoms with Gasteiger partial charge >= 0.3 is 0 Å². The Morgan fingerprint density at radius 3 is 2.52 bits per heavy atom. The lowest BCUT2D eigenvalue weighted by Crippen LogP contribution is -2.21. The molecule has 1 aromatic heterocycles. The van der Waals surface area contributed by atoms with Crippen LogP contribution in [0.15, 0.2) is 42.6 Å². The van der Waals surface area contributed by atoms with Crippen LogP contribution in [-0.2, 0) is 13.2 Å². The number of pyridine rings is 1. The lowest BCUT2D eigenvalue weighted by Gasteiger charge is -2.10. The maximum absolute atomic E-state index is 5.73. The number of hydrogen-bond donors (Lipinski definition) is 1. The zero-order valence-corrected chi connectivity index (χ0v) is 12.8. The summed E-state index contributed by atoms with van der Waals surface area (Å²) in [5.41, 5.74) is 2.26. The van der Waals surface area contributed by atoms with Crippen LogP contribution in [-0.4, -0.2) is 18.1 Å². The van der Waals surface area contributed by atoms with E-state index >= 15 is 0 Å². The van der Waals surface area contributed by atoms with Crippen molar-refractivity contribution in [3.63, 3.8) is 0 Å². The number of methoxy groups -OCH3 is 1. The van der Waals surface area contributed by atoms with Crippen molar-refractivity contribution in [1.29, 1.82) is 0 Å². The zero-order valence-electron chi connectivity index (χ0n) is 12.8. The molecule has 0 radical (unpaired) electrons. The summed E-state index contributed by atoms with van der Waals surface area (Å²) in [6, 6.07) is 12.3. The Labute approximate surface area is 126 Å². The summed E-state index contributed by atoms with van der Waals surface area (Å²) in [7, 11) is 1.66. The highest BCUT2D eigenvalue weighted by atomic mass is 16.5. The first-order valence-electron chi connectivity index (χ1n) is 7.11. The molecule has 2 rings (SSSR count). The average Bonchev–Trinajstić information content (AvgIpc) is 2.52. The molecule has 0 aliphatic rings. The van der Waals surface area contributed by atoms with Crippen molar-refractivity contribution in [3.05, 3.63) is 53.7 Å². The molecule has 0 spiro atoms. The van der Waals surface area contributed by atoms with Crippen molar-refractivity contribution in [3.8, 4) is 11.6 Å². The average molecular weight is 286 g/mol. The normalized spacial score (nSPS) is 10.7. The van der Waals surface area contributed by atoms with Crippen LogP contribution >= 0.6 is 0 Å². The summed E-state index contributed by atoms with van der Waals surface area (Å²) in [5, 5.41) is 3.38. The van der Waals surface area contributed by atoms with Gasteiger partial charge in [0.1, 0.15) is 12.4 Å². The van der Waals surface area contributed by atoms with Crippen LogP contribution in [0.3, 0.4) is 0 Å². The van der Waals surface area contributed by atoms with Crippen molar-refractivity contribution in [2.24, 2.45) is 0 Å². The molecule has 4 nitrogen and oxygen atoms in total. The highest BCUT2D eigenvalue weighted by Crippen LogP contribution is 2.14. The van der Waals surface area contributed by atoms with Gasteiger partial charge < -0.3 is 14.8 Å². The molecule has 0 saturated carbocycles. The molecule has 0 fully saturated rings. The van der Waals surface area contributed by atoms with Gasteiger partial charge in [-0.15, -0.1) is 0 Å². The van der Waals surface area contributed by atoms with E-state index in [0.717, 1.165) is 17.9 Å². The fourth-order valence-corrected chi connectivity index (χ4v) is 1.84. The van der Waals surface area contributed by atoms with Gasteiger partial charge in [-0.1, -0.05) is 26.0 Å². The molecular formula is C17H22N2O2. The molecule has 0 atom stereocenters.